The molecule has 1 saturated heterocycles. The molecular weight excluding hydrogens is 368 g/mol. The van der Waals surface area contributed by atoms with Crippen LogP contribution in [0.4, 0.5) is 4.79 Å². The third kappa shape index (κ3) is 6.10. The fourth-order valence-corrected chi connectivity index (χ4v) is 3.22. The summed E-state index contributed by atoms with van der Waals surface area (Å²) < 4.78 is 6.60. The number of hydrogen-bond acceptors (Lipinski definition) is 3. The minimum absolute atomic E-state index is 0.191. The van der Waals surface area contributed by atoms with Gasteiger partial charge in [0.15, 0.2) is 0 Å². The van der Waals surface area contributed by atoms with Gasteiger partial charge in [-0.1, -0.05) is 28.1 Å². The first-order chi connectivity index (χ1) is 11.2. The van der Waals surface area contributed by atoms with Gasteiger partial charge in [0, 0.05) is 30.1 Å². The Balaban J connectivity index is 1.75. The Bertz CT molecular complexity index is 539. The Morgan fingerprint density at radius 2 is 1.92 bits per heavy atom. The molecule has 1 aliphatic heterocycles. The molecule has 24 heavy (non-hydrogen) atoms. The summed E-state index contributed by atoms with van der Waals surface area (Å²) in [4.78, 5) is 16.5. The van der Waals surface area contributed by atoms with Crippen molar-refractivity contribution in [1.29, 1.82) is 0 Å². The van der Waals surface area contributed by atoms with Gasteiger partial charge in [-0.15, -0.1) is 0 Å². The van der Waals surface area contributed by atoms with Crippen LogP contribution in [-0.2, 0) is 11.2 Å². The van der Waals surface area contributed by atoms with Crippen molar-refractivity contribution in [1.82, 2.24) is 9.80 Å². The molecule has 1 unspecified atom stereocenters. The molecule has 0 bridgehead atoms. The van der Waals surface area contributed by atoms with E-state index < -0.39 is 5.60 Å². The Labute approximate surface area is 154 Å². The van der Waals surface area contributed by atoms with Gasteiger partial charge in [0.25, 0.3) is 0 Å². The molecule has 1 aromatic carbocycles. The molecule has 134 valence electrons. The summed E-state index contributed by atoms with van der Waals surface area (Å²) in [7, 11) is 0. The largest absolute Gasteiger partial charge is 0.444 e. The Hall–Kier alpha value is -1.07. The first kappa shape index (κ1) is 19.3. The molecule has 1 amide bonds. The highest BCUT2D eigenvalue weighted by Crippen LogP contribution is 2.16. The Morgan fingerprint density at radius 1 is 1.25 bits per heavy atom. The summed E-state index contributed by atoms with van der Waals surface area (Å²) in [6.45, 7) is 11.4. The summed E-state index contributed by atoms with van der Waals surface area (Å²) in [6.07, 6.45) is 2.04. The second kappa shape index (κ2) is 8.34. The zero-order valence-electron chi connectivity index (χ0n) is 15.2. The van der Waals surface area contributed by atoms with Gasteiger partial charge in [0.2, 0.25) is 0 Å². The zero-order chi connectivity index (χ0) is 17.7. The average molecular weight is 397 g/mol. The molecule has 1 aromatic rings. The van der Waals surface area contributed by atoms with Gasteiger partial charge in [-0.3, -0.25) is 4.90 Å². The summed E-state index contributed by atoms with van der Waals surface area (Å²) in [6, 6.07) is 8.91. The number of carbonyl (C=O) groups excluding carboxylic acids is 1. The third-order valence-electron chi connectivity index (χ3n) is 4.24. The highest BCUT2D eigenvalue weighted by molar-refractivity contribution is 9.10. The third-order valence-corrected chi connectivity index (χ3v) is 4.77. The van der Waals surface area contributed by atoms with Gasteiger partial charge >= 0.3 is 6.09 Å². The first-order valence-electron chi connectivity index (χ1n) is 8.71. The van der Waals surface area contributed by atoms with Crippen LogP contribution in [-0.4, -0.2) is 53.7 Å². The van der Waals surface area contributed by atoms with Crippen molar-refractivity contribution in [3.05, 3.63) is 34.3 Å². The van der Waals surface area contributed by atoms with Crippen molar-refractivity contribution in [3.63, 3.8) is 0 Å². The Morgan fingerprint density at radius 3 is 2.50 bits per heavy atom. The van der Waals surface area contributed by atoms with Gasteiger partial charge in [0.05, 0.1) is 0 Å². The lowest BCUT2D eigenvalue weighted by Crippen LogP contribution is -2.54. The molecule has 1 aliphatic rings. The molecule has 5 heteroatoms. The summed E-state index contributed by atoms with van der Waals surface area (Å²) in [5.74, 6) is 0. The van der Waals surface area contributed by atoms with Gasteiger partial charge in [0.1, 0.15) is 5.60 Å². The molecular formula is C19H29BrN2O2. The number of carbonyl (C=O) groups is 1. The SMILES string of the molecule is CC1CN(C(=O)OC(C)(C)C)CCN1CCCc1ccc(Br)cc1. The highest BCUT2D eigenvalue weighted by atomic mass is 79.9. The predicted molar refractivity (Wildman–Crippen MR) is 101 cm³/mol. The normalized spacial score (nSPS) is 19.4. The van der Waals surface area contributed by atoms with E-state index in [9.17, 15) is 4.79 Å². The number of piperazine rings is 1. The van der Waals surface area contributed by atoms with Crippen LogP contribution in [0.3, 0.4) is 0 Å². The van der Waals surface area contributed by atoms with E-state index >= 15 is 0 Å². The number of rotatable bonds is 4. The second-order valence-electron chi connectivity index (χ2n) is 7.54. The van der Waals surface area contributed by atoms with Crippen molar-refractivity contribution in [2.45, 2.75) is 52.2 Å². The van der Waals surface area contributed by atoms with Gasteiger partial charge in [-0.05, 0) is 64.8 Å². The number of ether oxygens (including phenoxy) is 1. The topological polar surface area (TPSA) is 32.8 Å². The Kier molecular flexibility index (Phi) is 6.70. The summed E-state index contributed by atoms with van der Waals surface area (Å²) in [5, 5.41) is 0. The van der Waals surface area contributed by atoms with Crippen molar-refractivity contribution >= 4 is 22.0 Å². The maximum atomic E-state index is 12.2. The molecule has 1 atom stereocenters. The molecule has 1 heterocycles. The van der Waals surface area contributed by atoms with E-state index in [1.807, 2.05) is 25.7 Å². The van der Waals surface area contributed by atoms with E-state index in [0.29, 0.717) is 6.04 Å². The van der Waals surface area contributed by atoms with Gasteiger partial charge in [-0.2, -0.15) is 0 Å². The summed E-state index contributed by atoms with van der Waals surface area (Å²) >= 11 is 3.47. The van der Waals surface area contributed by atoms with Gasteiger partial charge < -0.3 is 9.64 Å². The number of amides is 1. The molecule has 0 radical (unpaired) electrons. The zero-order valence-corrected chi connectivity index (χ0v) is 16.8. The lowest BCUT2D eigenvalue weighted by atomic mass is 10.1. The van der Waals surface area contributed by atoms with E-state index in [-0.39, 0.29) is 6.09 Å². The molecule has 0 aromatic heterocycles. The lowest BCUT2D eigenvalue weighted by molar-refractivity contribution is 0.00571. The maximum Gasteiger partial charge on any atom is 0.410 e. The van der Waals surface area contributed by atoms with E-state index in [2.05, 4.69) is 52.0 Å². The van der Waals surface area contributed by atoms with Crippen LogP contribution in [0.5, 0.6) is 0 Å². The number of aryl methyl sites for hydroxylation is 1. The smallest absolute Gasteiger partial charge is 0.410 e. The maximum absolute atomic E-state index is 12.2. The summed E-state index contributed by atoms with van der Waals surface area (Å²) in [5.41, 5.74) is 0.945. The van der Waals surface area contributed by atoms with Crippen LogP contribution in [0.2, 0.25) is 0 Å². The minimum Gasteiger partial charge on any atom is -0.444 e. The van der Waals surface area contributed by atoms with Crippen LogP contribution in [0, 0.1) is 0 Å². The van der Waals surface area contributed by atoms with Gasteiger partial charge in [-0.25, -0.2) is 4.79 Å². The van der Waals surface area contributed by atoms with E-state index in [4.69, 9.17) is 4.74 Å². The molecule has 4 nitrogen and oxygen atoms in total. The van der Waals surface area contributed by atoms with Crippen LogP contribution in [0.25, 0.3) is 0 Å². The minimum atomic E-state index is -0.428. The van der Waals surface area contributed by atoms with Crippen LogP contribution in [0.15, 0.2) is 28.7 Å². The van der Waals surface area contributed by atoms with E-state index in [0.717, 1.165) is 43.5 Å². The van der Waals surface area contributed by atoms with Crippen molar-refractivity contribution < 1.29 is 9.53 Å². The number of nitrogens with zero attached hydrogens (tertiary/aromatic N) is 2. The quantitative estimate of drug-likeness (QED) is 0.759. The van der Waals surface area contributed by atoms with Crippen molar-refractivity contribution in [2.24, 2.45) is 0 Å². The fourth-order valence-electron chi connectivity index (χ4n) is 2.96. The second-order valence-corrected chi connectivity index (χ2v) is 8.46. The molecule has 0 N–H and O–H groups in total. The number of benzene rings is 1. The van der Waals surface area contributed by atoms with Crippen molar-refractivity contribution in [3.8, 4) is 0 Å². The number of hydrogen-bond donors (Lipinski definition) is 0. The van der Waals surface area contributed by atoms with Crippen LogP contribution < -0.4 is 0 Å². The first-order valence-corrected chi connectivity index (χ1v) is 9.50. The standard InChI is InChI=1S/C19H29BrN2O2/c1-15-14-22(18(23)24-19(2,3)4)13-12-21(15)11-5-6-16-7-9-17(20)10-8-16/h7-10,15H,5-6,11-14H2,1-4H3. The van der Waals surface area contributed by atoms with E-state index in [1.165, 1.54) is 5.56 Å². The molecule has 1 fully saturated rings. The lowest BCUT2D eigenvalue weighted by Gasteiger charge is -2.40. The molecule has 0 aliphatic carbocycles. The fraction of sp³-hybridized carbons (Fsp3) is 0.632. The van der Waals surface area contributed by atoms with Crippen LogP contribution in [0.1, 0.15) is 39.7 Å². The monoisotopic (exact) mass is 396 g/mol. The van der Waals surface area contributed by atoms with Crippen LogP contribution >= 0.6 is 15.9 Å². The highest BCUT2D eigenvalue weighted by Gasteiger charge is 2.29. The predicted octanol–water partition coefficient (Wildman–Crippen LogP) is 4.32. The molecule has 0 saturated carbocycles. The molecule has 2 rings (SSSR count). The molecule has 0 spiro atoms. The van der Waals surface area contributed by atoms with Crippen molar-refractivity contribution in [2.75, 3.05) is 26.2 Å². The average Bonchev–Trinajstić information content (AvgIpc) is 2.49. The van der Waals surface area contributed by atoms with E-state index in [1.54, 1.807) is 0 Å². The number of halogens is 1.